The molecule has 0 aliphatic heterocycles. The fraction of sp³-hybridized carbons (Fsp3) is 0.615. The number of hydrogen-bond acceptors (Lipinski definition) is 1. The normalized spacial score (nSPS) is 17.1. The first-order valence-corrected chi connectivity index (χ1v) is 5.74. The van der Waals surface area contributed by atoms with Crippen LogP contribution in [-0.2, 0) is 4.79 Å². The summed E-state index contributed by atoms with van der Waals surface area (Å²) in [6.07, 6.45) is 13.8. The Bertz CT molecular complexity index is 236. The van der Waals surface area contributed by atoms with E-state index in [0.717, 1.165) is 24.8 Å². The van der Waals surface area contributed by atoms with Crippen LogP contribution in [-0.4, -0.2) is 5.78 Å². The minimum atomic E-state index is 0.237. The highest BCUT2D eigenvalue weighted by molar-refractivity contribution is 6.03. The van der Waals surface area contributed by atoms with Crippen LogP contribution in [0, 0.1) is 0 Å². The highest BCUT2D eigenvalue weighted by atomic mass is 16.1. The second-order valence-electron chi connectivity index (χ2n) is 3.88. The molecule has 1 rings (SSSR count). The molecule has 0 aromatic carbocycles. The van der Waals surface area contributed by atoms with Gasteiger partial charge in [-0.2, -0.15) is 0 Å². The van der Waals surface area contributed by atoms with Crippen LogP contribution in [0.4, 0.5) is 0 Å². The molecule has 0 bridgehead atoms. The number of allylic oxidation sites excluding steroid dienone is 4. The SMILES string of the molecule is CCCCC=CC(=O)C1=CCCCC1. The first-order valence-electron chi connectivity index (χ1n) is 5.74. The molecule has 0 aromatic heterocycles. The van der Waals surface area contributed by atoms with E-state index in [2.05, 4.69) is 13.0 Å². The summed E-state index contributed by atoms with van der Waals surface area (Å²) in [4.78, 5) is 11.6. The summed E-state index contributed by atoms with van der Waals surface area (Å²) in [5.74, 6) is 0.237. The van der Waals surface area contributed by atoms with E-state index in [0.29, 0.717) is 0 Å². The van der Waals surface area contributed by atoms with Gasteiger partial charge in [-0.1, -0.05) is 31.9 Å². The Morgan fingerprint density at radius 3 is 3.00 bits per heavy atom. The molecular weight excluding hydrogens is 172 g/mol. The van der Waals surface area contributed by atoms with Crippen LogP contribution in [0.25, 0.3) is 0 Å². The lowest BCUT2D eigenvalue weighted by atomic mass is 9.96. The minimum Gasteiger partial charge on any atom is -0.290 e. The maximum Gasteiger partial charge on any atom is 0.181 e. The number of carbonyl (C=O) groups excluding carboxylic acids is 1. The molecule has 1 nitrogen and oxygen atoms in total. The zero-order chi connectivity index (χ0) is 10.2. The van der Waals surface area contributed by atoms with Gasteiger partial charge in [-0.25, -0.2) is 0 Å². The van der Waals surface area contributed by atoms with Gasteiger partial charge in [-0.05, 0) is 43.8 Å². The van der Waals surface area contributed by atoms with Crippen molar-refractivity contribution in [2.45, 2.75) is 51.9 Å². The topological polar surface area (TPSA) is 17.1 Å². The molecule has 0 heterocycles. The third-order valence-corrected chi connectivity index (χ3v) is 2.60. The van der Waals surface area contributed by atoms with Crippen LogP contribution in [0.1, 0.15) is 51.9 Å². The van der Waals surface area contributed by atoms with Crippen molar-refractivity contribution in [2.75, 3.05) is 0 Å². The third-order valence-electron chi connectivity index (χ3n) is 2.60. The van der Waals surface area contributed by atoms with Gasteiger partial charge in [0.2, 0.25) is 0 Å². The predicted molar refractivity (Wildman–Crippen MR) is 60.2 cm³/mol. The molecule has 0 saturated carbocycles. The van der Waals surface area contributed by atoms with Crippen molar-refractivity contribution in [3.63, 3.8) is 0 Å². The van der Waals surface area contributed by atoms with Gasteiger partial charge in [0.05, 0.1) is 0 Å². The molecule has 1 heteroatoms. The van der Waals surface area contributed by atoms with E-state index < -0.39 is 0 Å². The van der Waals surface area contributed by atoms with E-state index in [9.17, 15) is 4.79 Å². The molecule has 0 amide bonds. The van der Waals surface area contributed by atoms with Crippen molar-refractivity contribution in [1.29, 1.82) is 0 Å². The van der Waals surface area contributed by atoms with Crippen LogP contribution < -0.4 is 0 Å². The summed E-state index contributed by atoms with van der Waals surface area (Å²) in [5, 5.41) is 0. The molecule has 0 spiro atoms. The van der Waals surface area contributed by atoms with Gasteiger partial charge < -0.3 is 0 Å². The van der Waals surface area contributed by atoms with Gasteiger partial charge in [0.1, 0.15) is 0 Å². The summed E-state index contributed by atoms with van der Waals surface area (Å²) >= 11 is 0. The Kier molecular flexibility index (Phi) is 5.28. The highest BCUT2D eigenvalue weighted by Crippen LogP contribution is 2.18. The monoisotopic (exact) mass is 192 g/mol. The Morgan fingerprint density at radius 2 is 2.36 bits per heavy atom. The van der Waals surface area contributed by atoms with E-state index in [4.69, 9.17) is 0 Å². The molecule has 0 atom stereocenters. The van der Waals surface area contributed by atoms with E-state index >= 15 is 0 Å². The smallest absolute Gasteiger partial charge is 0.181 e. The lowest BCUT2D eigenvalue weighted by molar-refractivity contribution is -0.111. The van der Waals surface area contributed by atoms with E-state index in [1.165, 1.54) is 25.7 Å². The molecule has 0 radical (unpaired) electrons. The molecule has 0 aromatic rings. The predicted octanol–water partition coefficient (Wildman–Crippen LogP) is 3.80. The van der Waals surface area contributed by atoms with Crippen molar-refractivity contribution in [3.8, 4) is 0 Å². The Hall–Kier alpha value is -0.850. The molecule has 1 aliphatic rings. The summed E-state index contributed by atoms with van der Waals surface area (Å²) in [6, 6.07) is 0. The first-order chi connectivity index (χ1) is 6.84. The molecule has 0 fully saturated rings. The van der Waals surface area contributed by atoms with Crippen molar-refractivity contribution in [3.05, 3.63) is 23.8 Å². The average molecular weight is 192 g/mol. The van der Waals surface area contributed by atoms with Crippen LogP contribution in [0.5, 0.6) is 0 Å². The zero-order valence-electron chi connectivity index (χ0n) is 9.09. The Morgan fingerprint density at radius 1 is 1.50 bits per heavy atom. The van der Waals surface area contributed by atoms with Gasteiger partial charge in [-0.15, -0.1) is 0 Å². The van der Waals surface area contributed by atoms with Crippen LogP contribution in [0.3, 0.4) is 0 Å². The lowest BCUT2D eigenvalue weighted by Gasteiger charge is -2.08. The molecule has 1 aliphatic carbocycles. The molecule has 78 valence electrons. The number of unbranched alkanes of at least 4 members (excludes halogenated alkanes) is 2. The Balaban J connectivity index is 2.33. The maximum atomic E-state index is 11.6. The standard InChI is InChI=1S/C13H20O/c1-2-3-4-8-11-13(14)12-9-6-5-7-10-12/h8-9,11H,2-7,10H2,1H3. The zero-order valence-corrected chi connectivity index (χ0v) is 9.09. The van der Waals surface area contributed by atoms with Gasteiger partial charge in [0, 0.05) is 0 Å². The molecule has 0 N–H and O–H groups in total. The van der Waals surface area contributed by atoms with Gasteiger partial charge in [0.25, 0.3) is 0 Å². The van der Waals surface area contributed by atoms with Crippen molar-refractivity contribution >= 4 is 5.78 Å². The van der Waals surface area contributed by atoms with Crippen LogP contribution >= 0.6 is 0 Å². The fourth-order valence-corrected chi connectivity index (χ4v) is 1.68. The number of hydrogen-bond donors (Lipinski definition) is 0. The number of rotatable bonds is 5. The van der Waals surface area contributed by atoms with E-state index in [1.807, 2.05) is 6.08 Å². The maximum absolute atomic E-state index is 11.6. The first kappa shape index (κ1) is 11.2. The summed E-state index contributed by atoms with van der Waals surface area (Å²) in [6.45, 7) is 2.17. The van der Waals surface area contributed by atoms with Gasteiger partial charge >= 0.3 is 0 Å². The molecule has 0 unspecified atom stereocenters. The van der Waals surface area contributed by atoms with Crippen LogP contribution in [0.2, 0.25) is 0 Å². The van der Waals surface area contributed by atoms with Crippen molar-refractivity contribution in [2.24, 2.45) is 0 Å². The van der Waals surface area contributed by atoms with Crippen molar-refractivity contribution < 1.29 is 4.79 Å². The Labute approximate surface area is 86.9 Å². The summed E-state index contributed by atoms with van der Waals surface area (Å²) < 4.78 is 0. The third kappa shape index (κ3) is 3.91. The van der Waals surface area contributed by atoms with E-state index in [-0.39, 0.29) is 5.78 Å². The summed E-state index contributed by atoms with van der Waals surface area (Å²) in [5.41, 5.74) is 1.03. The number of carbonyl (C=O) groups is 1. The van der Waals surface area contributed by atoms with Crippen molar-refractivity contribution in [1.82, 2.24) is 0 Å². The minimum absolute atomic E-state index is 0.237. The quantitative estimate of drug-likeness (QED) is 0.478. The van der Waals surface area contributed by atoms with E-state index in [1.54, 1.807) is 6.08 Å². The molecule has 14 heavy (non-hydrogen) atoms. The average Bonchev–Trinajstić information content (AvgIpc) is 2.25. The van der Waals surface area contributed by atoms with Gasteiger partial charge in [-0.3, -0.25) is 4.79 Å². The fourth-order valence-electron chi connectivity index (χ4n) is 1.68. The van der Waals surface area contributed by atoms with Gasteiger partial charge in [0.15, 0.2) is 5.78 Å². The number of ketones is 1. The molecular formula is C13H20O. The molecule has 0 saturated heterocycles. The van der Waals surface area contributed by atoms with Crippen LogP contribution in [0.15, 0.2) is 23.8 Å². The summed E-state index contributed by atoms with van der Waals surface area (Å²) in [7, 11) is 0. The highest BCUT2D eigenvalue weighted by Gasteiger charge is 2.08. The second-order valence-corrected chi connectivity index (χ2v) is 3.88. The second kappa shape index (κ2) is 6.58. The lowest BCUT2D eigenvalue weighted by Crippen LogP contribution is -2.02. The largest absolute Gasteiger partial charge is 0.290 e.